The van der Waals surface area contributed by atoms with Gasteiger partial charge in [-0.25, -0.2) is 0 Å². The third-order valence-electron chi connectivity index (χ3n) is 4.72. The molecule has 0 amide bonds. The van der Waals surface area contributed by atoms with Crippen molar-refractivity contribution >= 4 is 0 Å². The average molecular weight is 244 g/mol. The van der Waals surface area contributed by atoms with Crippen molar-refractivity contribution < 1.29 is 0 Å². The molecule has 1 aliphatic carbocycles. The standard InChI is InChI=1S/C16H24N2/c1-12-3-2-4-14(9-12)16(17)7-8-18-11-13-5-6-15(18)10-13/h2-4,9,13,15-16H,5-8,10-11,17H2,1H3. The van der Waals surface area contributed by atoms with Crippen molar-refractivity contribution in [2.24, 2.45) is 11.7 Å². The van der Waals surface area contributed by atoms with E-state index in [2.05, 4.69) is 36.1 Å². The van der Waals surface area contributed by atoms with Gasteiger partial charge in [0.1, 0.15) is 0 Å². The number of piperidine rings is 1. The van der Waals surface area contributed by atoms with Crippen LogP contribution in [0.25, 0.3) is 0 Å². The van der Waals surface area contributed by atoms with Crippen molar-refractivity contribution in [2.75, 3.05) is 13.1 Å². The number of nitrogens with two attached hydrogens (primary N) is 1. The van der Waals surface area contributed by atoms with Crippen LogP contribution in [0.2, 0.25) is 0 Å². The van der Waals surface area contributed by atoms with Gasteiger partial charge in [-0.3, -0.25) is 0 Å². The van der Waals surface area contributed by atoms with Crippen LogP contribution in [0.1, 0.15) is 42.9 Å². The summed E-state index contributed by atoms with van der Waals surface area (Å²) < 4.78 is 0. The Hall–Kier alpha value is -0.860. The molecule has 0 aromatic heterocycles. The third-order valence-corrected chi connectivity index (χ3v) is 4.72. The van der Waals surface area contributed by atoms with Gasteiger partial charge in [-0.2, -0.15) is 0 Å². The summed E-state index contributed by atoms with van der Waals surface area (Å²) >= 11 is 0. The Kier molecular flexibility index (Phi) is 3.40. The van der Waals surface area contributed by atoms with Crippen LogP contribution in [0.3, 0.4) is 0 Å². The molecule has 1 aromatic rings. The monoisotopic (exact) mass is 244 g/mol. The second kappa shape index (κ2) is 5.02. The third kappa shape index (κ3) is 2.45. The first-order valence-electron chi connectivity index (χ1n) is 7.28. The van der Waals surface area contributed by atoms with Crippen molar-refractivity contribution in [3.8, 4) is 0 Å². The molecule has 2 N–H and O–H groups in total. The fourth-order valence-electron chi connectivity index (χ4n) is 3.67. The van der Waals surface area contributed by atoms with Gasteiger partial charge < -0.3 is 10.6 Å². The number of fused-ring (bicyclic) bond motifs is 2. The van der Waals surface area contributed by atoms with E-state index in [1.165, 1.54) is 43.5 Å². The second-order valence-electron chi connectivity index (χ2n) is 6.14. The summed E-state index contributed by atoms with van der Waals surface area (Å²) in [6, 6.07) is 9.70. The van der Waals surface area contributed by atoms with Crippen molar-refractivity contribution in [2.45, 2.75) is 44.7 Å². The van der Waals surface area contributed by atoms with E-state index in [0.717, 1.165) is 18.4 Å². The normalized spacial score (nSPS) is 28.8. The fourth-order valence-corrected chi connectivity index (χ4v) is 3.67. The van der Waals surface area contributed by atoms with Gasteiger partial charge in [0.15, 0.2) is 0 Å². The number of hydrogen-bond donors (Lipinski definition) is 1. The Morgan fingerprint density at radius 3 is 2.94 bits per heavy atom. The molecule has 2 heteroatoms. The highest BCUT2D eigenvalue weighted by molar-refractivity contribution is 5.24. The molecule has 2 bridgehead atoms. The molecule has 3 atom stereocenters. The van der Waals surface area contributed by atoms with Gasteiger partial charge in [-0.15, -0.1) is 0 Å². The molecule has 98 valence electrons. The lowest BCUT2D eigenvalue weighted by molar-refractivity contribution is 0.206. The maximum atomic E-state index is 6.31. The summed E-state index contributed by atoms with van der Waals surface area (Å²) in [6.45, 7) is 4.64. The zero-order valence-corrected chi connectivity index (χ0v) is 11.3. The minimum absolute atomic E-state index is 0.198. The van der Waals surface area contributed by atoms with Gasteiger partial charge >= 0.3 is 0 Å². The predicted octanol–water partition coefficient (Wildman–Crippen LogP) is 2.87. The van der Waals surface area contributed by atoms with Crippen LogP contribution >= 0.6 is 0 Å². The van der Waals surface area contributed by atoms with E-state index in [4.69, 9.17) is 5.73 Å². The first-order valence-corrected chi connectivity index (χ1v) is 7.28. The van der Waals surface area contributed by atoms with E-state index in [9.17, 15) is 0 Å². The largest absolute Gasteiger partial charge is 0.324 e. The van der Waals surface area contributed by atoms with Crippen molar-refractivity contribution in [1.29, 1.82) is 0 Å². The van der Waals surface area contributed by atoms with E-state index in [0.29, 0.717) is 0 Å². The highest BCUT2D eigenvalue weighted by Crippen LogP contribution is 2.37. The molecule has 1 saturated heterocycles. The number of rotatable bonds is 4. The predicted molar refractivity (Wildman–Crippen MR) is 75.4 cm³/mol. The number of nitrogens with zero attached hydrogens (tertiary/aromatic N) is 1. The number of likely N-dealkylation sites (tertiary alicyclic amines) is 1. The lowest BCUT2D eigenvalue weighted by Crippen LogP contribution is -2.34. The van der Waals surface area contributed by atoms with Gasteiger partial charge in [0.25, 0.3) is 0 Å². The average Bonchev–Trinajstić information content (AvgIpc) is 2.98. The van der Waals surface area contributed by atoms with Crippen LogP contribution in [0, 0.1) is 12.8 Å². The minimum Gasteiger partial charge on any atom is -0.324 e. The van der Waals surface area contributed by atoms with Gasteiger partial charge in [0, 0.05) is 25.2 Å². The summed E-state index contributed by atoms with van der Waals surface area (Å²) in [6.07, 6.45) is 5.42. The van der Waals surface area contributed by atoms with E-state index < -0.39 is 0 Å². The molecule has 0 spiro atoms. The molecule has 1 heterocycles. The zero-order valence-electron chi connectivity index (χ0n) is 11.3. The topological polar surface area (TPSA) is 29.3 Å². The van der Waals surface area contributed by atoms with Crippen LogP contribution in [-0.4, -0.2) is 24.0 Å². The molecule has 0 radical (unpaired) electrons. The van der Waals surface area contributed by atoms with Crippen LogP contribution in [-0.2, 0) is 0 Å². The van der Waals surface area contributed by atoms with Crippen LogP contribution in [0.4, 0.5) is 0 Å². The Labute approximate surface area is 110 Å². The molecular formula is C16H24N2. The van der Waals surface area contributed by atoms with Crippen LogP contribution in [0.15, 0.2) is 24.3 Å². The van der Waals surface area contributed by atoms with Crippen molar-refractivity contribution in [1.82, 2.24) is 4.90 Å². The number of benzene rings is 1. The Morgan fingerprint density at radius 1 is 1.39 bits per heavy atom. The maximum absolute atomic E-state index is 6.31. The van der Waals surface area contributed by atoms with Gasteiger partial charge in [0.2, 0.25) is 0 Å². The SMILES string of the molecule is Cc1cccc(C(N)CCN2CC3CCC2C3)c1. The molecule has 3 unspecified atom stereocenters. The van der Waals surface area contributed by atoms with E-state index in [1.54, 1.807) is 0 Å². The summed E-state index contributed by atoms with van der Waals surface area (Å²) in [4.78, 5) is 2.67. The fraction of sp³-hybridized carbons (Fsp3) is 0.625. The minimum atomic E-state index is 0.198. The smallest absolute Gasteiger partial charge is 0.0307 e. The summed E-state index contributed by atoms with van der Waals surface area (Å²) in [7, 11) is 0. The molecule has 2 aliphatic rings. The van der Waals surface area contributed by atoms with E-state index >= 15 is 0 Å². The van der Waals surface area contributed by atoms with E-state index in [-0.39, 0.29) is 6.04 Å². The van der Waals surface area contributed by atoms with Gasteiger partial charge in [-0.1, -0.05) is 29.8 Å². The molecule has 1 aliphatic heterocycles. The van der Waals surface area contributed by atoms with Crippen LogP contribution in [0.5, 0.6) is 0 Å². The summed E-state index contributed by atoms with van der Waals surface area (Å²) in [5.41, 5.74) is 8.91. The lowest BCUT2D eigenvalue weighted by atomic mass is 10.0. The highest BCUT2D eigenvalue weighted by atomic mass is 15.2. The first-order chi connectivity index (χ1) is 8.72. The Bertz CT molecular complexity index is 415. The summed E-state index contributed by atoms with van der Waals surface area (Å²) in [5.74, 6) is 0.991. The molecule has 18 heavy (non-hydrogen) atoms. The quantitative estimate of drug-likeness (QED) is 0.882. The van der Waals surface area contributed by atoms with E-state index in [1.807, 2.05) is 0 Å². The number of aryl methyl sites for hydroxylation is 1. The highest BCUT2D eigenvalue weighted by Gasteiger charge is 2.37. The van der Waals surface area contributed by atoms with Crippen molar-refractivity contribution in [3.05, 3.63) is 35.4 Å². The molecule has 1 aromatic carbocycles. The molecule has 1 saturated carbocycles. The zero-order chi connectivity index (χ0) is 12.5. The Balaban J connectivity index is 1.54. The number of hydrogen-bond acceptors (Lipinski definition) is 2. The summed E-state index contributed by atoms with van der Waals surface area (Å²) in [5, 5.41) is 0. The van der Waals surface area contributed by atoms with Crippen molar-refractivity contribution in [3.63, 3.8) is 0 Å². The van der Waals surface area contributed by atoms with Crippen LogP contribution < -0.4 is 5.73 Å². The molecule has 2 fully saturated rings. The van der Waals surface area contributed by atoms with Gasteiger partial charge in [0.05, 0.1) is 0 Å². The molecular weight excluding hydrogens is 220 g/mol. The van der Waals surface area contributed by atoms with Gasteiger partial charge in [-0.05, 0) is 44.1 Å². The maximum Gasteiger partial charge on any atom is 0.0307 e. The molecule has 3 rings (SSSR count). The molecule has 2 nitrogen and oxygen atoms in total. The first kappa shape index (κ1) is 12.2. The second-order valence-corrected chi connectivity index (χ2v) is 6.14. The lowest BCUT2D eigenvalue weighted by Gasteiger charge is -2.27. The Morgan fingerprint density at radius 2 is 2.28 bits per heavy atom.